The first-order valence-corrected chi connectivity index (χ1v) is 10.8. The summed E-state index contributed by atoms with van der Waals surface area (Å²) in [6.07, 6.45) is 5.99. The summed E-state index contributed by atoms with van der Waals surface area (Å²) in [7, 11) is 0. The van der Waals surface area contributed by atoms with E-state index in [0.29, 0.717) is 16.8 Å². The molecule has 1 fully saturated rings. The highest BCUT2D eigenvalue weighted by Crippen LogP contribution is 2.26. The Labute approximate surface area is 190 Å². The van der Waals surface area contributed by atoms with Gasteiger partial charge in [0.25, 0.3) is 5.91 Å². The summed E-state index contributed by atoms with van der Waals surface area (Å²) in [5.41, 5.74) is 1.77. The minimum Gasteiger partial charge on any atom is -0.346 e. The second kappa shape index (κ2) is 8.96. The Morgan fingerprint density at radius 2 is 1.91 bits per heavy atom. The van der Waals surface area contributed by atoms with E-state index in [0.717, 1.165) is 17.8 Å². The Bertz CT molecular complexity index is 1130. The van der Waals surface area contributed by atoms with Crippen molar-refractivity contribution in [2.45, 2.75) is 39.3 Å². The van der Waals surface area contributed by atoms with Crippen LogP contribution in [0.4, 0.5) is 16.6 Å². The van der Waals surface area contributed by atoms with E-state index in [2.05, 4.69) is 25.6 Å². The van der Waals surface area contributed by atoms with Gasteiger partial charge in [-0.15, -0.1) is 0 Å². The second-order valence-corrected chi connectivity index (χ2v) is 8.32. The van der Waals surface area contributed by atoms with Crippen LogP contribution in [0.2, 0.25) is 5.02 Å². The summed E-state index contributed by atoms with van der Waals surface area (Å²) in [4.78, 5) is 39.3. The number of carbonyl (C=O) groups is 2. The Morgan fingerprint density at radius 3 is 2.59 bits per heavy atom. The maximum absolute atomic E-state index is 12.4. The fraction of sp³-hybridized carbons (Fsp3) is 0.318. The Morgan fingerprint density at radius 1 is 1.16 bits per heavy atom. The number of hydrogen-bond acceptors (Lipinski definition) is 6. The standard InChI is InChI=1S/C22H24ClN7O2/c1-4-16(17-11-29(12-25-17)15-7-5-14(23)6-8-15)26-21-24-10-9-18(27-21)30-19(13(2)3)20(31)28-22(30)32/h5-13,16,19H,4H2,1-3H3,(H,24,26,27)(H,28,31,32)/t16?,19-/m0/s1. The van der Waals surface area contributed by atoms with Crippen LogP contribution < -0.4 is 15.5 Å². The number of carbonyl (C=O) groups excluding carboxylic acids is 2. The van der Waals surface area contributed by atoms with Crippen molar-refractivity contribution < 1.29 is 9.59 Å². The molecular weight excluding hydrogens is 430 g/mol. The zero-order valence-corrected chi connectivity index (χ0v) is 18.7. The molecular formula is C22H24ClN7O2. The van der Waals surface area contributed by atoms with E-state index in [-0.39, 0.29) is 17.9 Å². The van der Waals surface area contributed by atoms with E-state index in [4.69, 9.17) is 11.6 Å². The molecule has 2 atom stereocenters. The average Bonchev–Trinajstić information content (AvgIpc) is 3.37. The van der Waals surface area contributed by atoms with E-state index in [1.165, 1.54) is 4.90 Å². The lowest BCUT2D eigenvalue weighted by Gasteiger charge is -2.24. The molecule has 32 heavy (non-hydrogen) atoms. The number of nitrogens with one attached hydrogen (secondary N) is 2. The molecule has 3 amide bonds. The molecule has 1 aromatic carbocycles. The zero-order chi connectivity index (χ0) is 22.8. The number of urea groups is 1. The molecule has 0 aliphatic carbocycles. The quantitative estimate of drug-likeness (QED) is 0.524. The number of hydrogen-bond donors (Lipinski definition) is 2. The van der Waals surface area contributed by atoms with Crippen LogP contribution >= 0.6 is 11.6 Å². The number of imide groups is 1. The summed E-state index contributed by atoms with van der Waals surface area (Å²) in [5, 5.41) is 6.33. The molecule has 0 spiro atoms. The van der Waals surface area contributed by atoms with Gasteiger partial charge in [-0.05, 0) is 42.7 Å². The van der Waals surface area contributed by atoms with Crippen LogP contribution in [0.1, 0.15) is 38.9 Å². The summed E-state index contributed by atoms with van der Waals surface area (Å²) in [5.74, 6) is 0.335. The number of amides is 3. The molecule has 3 aromatic rings. The number of rotatable bonds is 7. The third-order valence-electron chi connectivity index (χ3n) is 5.31. The Hall–Kier alpha value is -3.46. The molecule has 0 radical (unpaired) electrons. The lowest BCUT2D eigenvalue weighted by atomic mass is 10.0. The van der Waals surface area contributed by atoms with Gasteiger partial charge in [0.15, 0.2) is 0 Å². The first kappa shape index (κ1) is 21.8. The minimum absolute atomic E-state index is 0.0620. The molecule has 2 N–H and O–H groups in total. The van der Waals surface area contributed by atoms with E-state index in [1.54, 1.807) is 18.6 Å². The van der Waals surface area contributed by atoms with Crippen LogP contribution in [0, 0.1) is 5.92 Å². The van der Waals surface area contributed by atoms with Crippen molar-refractivity contribution >= 4 is 35.3 Å². The molecule has 9 nitrogen and oxygen atoms in total. The van der Waals surface area contributed by atoms with Crippen molar-refractivity contribution in [1.82, 2.24) is 24.8 Å². The van der Waals surface area contributed by atoms with E-state index in [9.17, 15) is 9.59 Å². The number of aromatic nitrogens is 4. The fourth-order valence-corrected chi connectivity index (χ4v) is 3.82. The fourth-order valence-electron chi connectivity index (χ4n) is 3.70. The van der Waals surface area contributed by atoms with Gasteiger partial charge >= 0.3 is 6.03 Å². The highest BCUT2D eigenvalue weighted by Gasteiger charge is 2.42. The normalized spacial score (nSPS) is 17.0. The molecule has 1 aliphatic rings. The van der Waals surface area contributed by atoms with Gasteiger partial charge in [-0.2, -0.15) is 4.98 Å². The summed E-state index contributed by atoms with van der Waals surface area (Å²) in [6, 6.07) is 7.88. The van der Waals surface area contributed by atoms with Gasteiger partial charge in [0.2, 0.25) is 5.95 Å². The van der Waals surface area contributed by atoms with Gasteiger partial charge in [0.1, 0.15) is 11.9 Å². The second-order valence-electron chi connectivity index (χ2n) is 7.88. The summed E-state index contributed by atoms with van der Waals surface area (Å²) in [6.45, 7) is 5.81. The maximum atomic E-state index is 12.4. The van der Waals surface area contributed by atoms with Gasteiger partial charge in [0, 0.05) is 23.1 Å². The molecule has 1 aliphatic heterocycles. The maximum Gasteiger partial charge on any atom is 0.330 e. The van der Waals surface area contributed by atoms with Gasteiger partial charge in [-0.3, -0.25) is 15.0 Å². The predicted octanol–water partition coefficient (Wildman–Crippen LogP) is 3.96. The minimum atomic E-state index is -0.609. The largest absolute Gasteiger partial charge is 0.346 e. The zero-order valence-electron chi connectivity index (χ0n) is 18.0. The number of anilines is 2. The Kier molecular flexibility index (Phi) is 6.09. The molecule has 1 saturated heterocycles. The molecule has 4 rings (SSSR count). The lowest BCUT2D eigenvalue weighted by Crippen LogP contribution is -2.39. The first-order valence-electron chi connectivity index (χ1n) is 10.4. The van der Waals surface area contributed by atoms with Gasteiger partial charge in [0.05, 0.1) is 18.1 Å². The van der Waals surface area contributed by atoms with Crippen molar-refractivity contribution in [3.8, 4) is 5.69 Å². The molecule has 166 valence electrons. The van der Waals surface area contributed by atoms with Crippen molar-refractivity contribution in [3.63, 3.8) is 0 Å². The number of nitrogens with zero attached hydrogens (tertiary/aromatic N) is 5. The van der Waals surface area contributed by atoms with Crippen LogP contribution in [-0.2, 0) is 4.79 Å². The predicted molar refractivity (Wildman–Crippen MR) is 122 cm³/mol. The highest BCUT2D eigenvalue weighted by molar-refractivity contribution is 6.30. The molecule has 0 saturated carbocycles. The first-order chi connectivity index (χ1) is 15.4. The van der Waals surface area contributed by atoms with Crippen molar-refractivity contribution in [3.05, 3.63) is 59.8 Å². The average molecular weight is 454 g/mol. The van der Waals surface area contributed by atoms with Crippen molar-refractivity contribution in [2.75, 3.05) is 10.2 Å². The molecule has 1 unspecified atom stereocenters. The molecule has 10 heteroatoms. The third-order valence-corrected chi connectivity index (χ3v) is 5.56. The third kappa shape index (κ3) is 4.29. The topological polar surface area (TPSA) is 105 Å². The van der Waals surface area contributed by atoms with Crippen LogP contribution in [0.15, 0.2) is 49.1 Å². The smallest absolute Gasteiger partial charge is 0.330 e. The monoisotopic (exact) mass is 453 g/mol. The Balaban J connectivity index is 1.55. The SMILES string of the molecule is CCC(Nc1nccc(N2C(=O)NC(=O)[C@@H]2C(C)C)n1)c1cn(-c2ccc(Cl)cc2)cn1. The molecule has 3 heterocycles. The van der Waals surface area contributed by atoms with Crippen molar-refractivity contribution in [1.29, 1.82) is 0 Å². The van der Waals surface area contributed by atoms with E-state index < -0.39 is 12.1 Å². The lowest BCUT2D eigenvalue weighted by molar-refractivity contribution is -0.120. The highest BCUT2D eigenvalue weighted by atomic mass is 35.5. The number of halogens is 1. The summed E-state index contributed by atoms with van der Waals surface area (Å²) >= 11 is 5.97. The van der Waals surface area contributed by atoms with Gasteiger partial charge in [-0.1, -0.05) is 32.4 Å². The van der Waals surface area contributed by atoms with E-state index >= 15 is 0 Å². The van der Waals surface area contributed by atoms with Crippen LogP contribution in [0.25, 0.3) is 5.69 Å². The van der Waals surface area contributed by atoms with Crippen LogP contribution in [0.3, 0.4) is 0 Å². The van der Waals surface area contributed by atoms with Crippen molar-refractivity contribution in [2.24, 2.45) is 5.92 Å². The number of imidazole rings is 1. The number of benzene rings is 1. The van der Waals surface area contributed by atoms with Crippen LogP contribution in [0.5, 0.6) is 0 Å². The van der Waals surface area contributed by atoms with Gasteiger partial charge < -0.3 is 9.88 Å². The summed E-state index contributed by atoms with van der Waals surface area (Å²) < 4.78 is 1.92. The van der Waals surface area contributed by atoms with Gasteiger partial charge in [-0.25, -0.2) is 14.8 Å². The van der Waals surface area contributed by atoms with Crippen LogP contribution in [-0.4, -0.2) is 37.5 Å². The van der Waals surface area contributed by atoms with E-state index in [1.807, 2.05) is 55.8 Å². The molecule has 2 aromatic heterocycles. The molecule has 0 bridgehead atoms.